The van der Waals surface area contributed by atoms with Crippen molar-refractivity contribution in [3.8, 4) is 0 Å². The molecule has 0 saturated carbocycles. The molecule has 1 saturated heterocycles. The van der Waals surface area contributed by atoms with Crippen LogP contribution in [0.3, 0.4) is 0 Å². The highest BCUT2D eigenvalue weighted by Gasteiger charge is 2.30. The van der Waals surface area contributed by atoms with Gasteiger partial charge in [-0.2, -0.15) is 0 Å². The van der Waals surface area contributed by atoms with Crippen LogP contribution < -0.4 is 0 Å². The molecular formula is C16H19ClN4O. The van der Waals surface area contributed by atoms with E-state index in [1.165, 1.54) is 0 Å². The summed E-state index contributed by atoms with van der Waals surface area (Å²) in [7, 11) is 0. The Kier molecular flexibility index (Phi) is 4.43. The number of halogens is 1. The van der Waals surface area contributed by atoms with Crippen molar-refractivity contribution in [3.63, 3.8) is 0 Å². The van der Waals surface area contributed by atoms with Crippen LogP contribution in [0.2, 0.25) is 5.02 Å². The fraction of sp³-hybridized carbons (Fsp3) is 0.438. The maximum atomic E-state index is 12.9. The Morgan fingerprint density at radius 3 is 3.05 bits per heavy atom. The first-order valence-corrected chi connectivity index (χ1v) is 8.03. The number of likely N-dealkylation sites (tertiary alicyclic amines) is 1. The molecule has 1 amide bonds. The molecule has 2 aromatic rings. The number of aryl methyl sites for hydroxylation is 1. The smallest absolute Gasteiger partial charge is 0.274 e. The van der Waals surface area contributed by atoms with Gasteiger partial charge in [0.15, 0.2) is 0 Å². The summed E-state index contributed by atoms with van der Waals surface area (Å²) in [4.78, 5) is 14.8. The van der Waals surface area contributed by atoms with Crippen LogP contribution in [-0.2, 0) is 6.54 Å². The Balaban J connectivity index is 1.91. The van der Waals surface area contributed by atoms with Crippen LogP contribution in [0.25, 0.3) is 0 Å². The molecular weight excluding hydrogens is 300 g/mol. The minimum atomic E-state index is -0.00322. The number of hydrogen-bond donors (Lipinski definition) is 0. The topological polar surface area (TPSA) is 51.0 Å². The normalized spacial score (nSPS) is 18.5. The lowest BCUT2D eigenvalue weighted by Crippen LogP contribution is -2.39. The van der Waals surface area contributed by atoms with Gasteiger partial charge in [0.1, 0.15) is 5.69 Å². The Labute approximate surface area is 134 Å². The summed E-state index contributed by atoms with van der Waals surface area (Å²) in [5, 5.41) is 8.53. The van der Waals surface area contributed by atoms with Crippen molar-refractivity contribution in [2.45, 2.75) is 38.8 Å². The monoisotopic (exact) mass is 318 g/mol. The predicted octanol–water partition coefficient (Wildman–Crippen LogP) is 3.32. The zero-order valence-corrected chi connectivity index (χ0v) is 13.3. The van der Waals surface area contributed by atoms with E-state index >= 15 is 0 Å². The van der Waals surface area contributed by atoms with E-state index in [0.717, 1.165) is 31.4 Å². The van der Waals surface area contributed by atoms with Crippen LogP contribution in [0.4, 0.5) is 0 Å². The molecule has 1 aliphatic heterocycles. The molecule has 3 rings (SSSR count). The fourth-order valence-corrected chi connectivity index (χ4v) is 3.24. The average Bonchev–Trinajstić information content (AvgIpc) is 3.03. The molecule has 1 aromatic heterocycles. The molecule has 1 fully saturated rings. The number of hydrogen-bond acceptors (Lipinski definition) is 3. The van der Waals surface area contributed by atoms with Gasteiger partial charge in [-0.3, -0.25) is 4.79 Å². The quantitative estimate of drug-likeness (QED) is 0.872. The molecule has 1 aromatic carbocycles. The number of nitrogens with zero attached hydrogens (tertiary/aromatic N) is 4. The lowest BCUT2D eigenvalue weighted by Gasteiger charge is -2.36. The number of rotatable bonds is 3. The third kappa shape index (κ3) is 2.86. The molecule has 6 heteroatoms. The minimum absolute atomic E-state index is 0.00322. The first-order valence-electron chi connectivity index (χ1n) is 7.65. The van der Waals surface area contributed by atoms with Crippen molar-refractivity contribution in [2.75, 3.05) is 6.54 Å². The summed E-state index contributed by atoms with van der Waals surface area (Å²) in [5.41, 5.74) is 1.65. The lowest BCUT2D eigenvalue weighted by molar-refractivity contribution is 0.0599. The van der Waals surface area contributed by atoms with E-state index in [1.54, 1.807) is 10.9 Å². The molecule has 116 valence electrons. The number of aromatic nitrogens is 3. The van der Waals surface area contributed by atoms with Crippen LogP contribution in [0.15, 0.2) is 30.5 Å². The summed E-state index contributed by atoms with van der Waals surface area (Å²) >= 11 is 6.11. The zero-order valence-electron chi connectivity index (χ0n) is 12.6. The summed E-state index contributed by atoms with van der Waals surface area (Å²) < 4.78 is 1.64. The molecule has 1 aliphatic rings. The Morgan fingerprint density at radius 1 is 1.41 bits per heavy atom. The minimum Gasteiger partial charge on any atom is -0.330 e. The van der Waals surface area contributed by atoms with Gasteiger partial charge in [-0.1, -0.05) is 28.9 Å². The van der Waals surface area contributed by atoms with Gasteiger partial charge in [-0.05, 0) is 43.9 Å². The average molecular weight is 319 g/mol. The summed E-state index contributed by atoms with van der Waals surface area (Å²) in [6.07, 6.45) is 4.65. The van der Waals surface area contributed by atoms with E-state index in [1.807, 2.05) is 36.1 Å². The van der Waals surface area contributed by atoms with E-state index < -0.39 is 0 Å². The van der Waals surface area contributed by atoms with Gasteiger partial charge >= 0.3 is 0 Å². The standard InChI is InChI=1S/C16H19ClN4O/c1-2-21-15(11-18-19-21)16(22)20-9-4-3-8-14(20)12-6-5-7-13(17)10-12/h5-7,10-11,14H,2-4,8-9H2,1H3. The van der Waals surface area contributed by atoms with E-state index in [4.69, 9.17) is 11.6 Å². The van der Waals surface area contributed by atoms with E-state index in [0.29, 0.717) is 17.3 Å². The number of amides is 1. The Hall–Kier alpha value is -1.88. The highest BCUT2D eigenvalue weighted by Crippen LogP contribution is 2.33. The van der Waals surface area contributed by atoms with E-state index in [-0.39, 0.29) is 11.9 Å². The molecule has 2 heterocycles. The number of piperidine rings is 1. The summed E-state index contributed by atoms with van der Waals surface area (Å²) in [6.45, 7) is 3.35. The Morgan fingerprint density at radius 2 is 2.27 bits per heavy atom. The van der Waals surface area contributed by atoms with Crippen LogP contribution in [0, 0.1) is 0 Å². The second-order valence-corrected chi connectivity index (χ2v) is 5.94. The number of carbonyl (C=O) groups excluding carboxylic acids is 1. The number of benzene rings is 1. The second-order valence-electron chi connectivity index (χ2n) is 5.50. The maximum absolute atomic E-state index is 12.9. The van der Waals surface area contributed by atoms with Gasteiger partial charge < -0.3 is 4.90 Å². The molecule has 1 atom stereocenters. The summed E-state index contributed by atoms with van der Waals surface area (Å²) in [5.74, 6) is -0.00322. The molecule has 5 nitrogen and oxygen atoms in total. The number of carbonyl (C=O) groups is 1. The van der Waals surface area contributed by atoms with E-state index in [9.17, 15) is 4.79 Å². The van der Waals surface area contributed by atoms with Gasteiger partial charge in [-0.15, -0.1) is 5.10 Å². The highest BCUT2D eigenvalue weighted by molar-refractivity contribution is 6.30. The molecule has 0 N–H and O–H groups in total. The van der Waals surface area contributed by atoms with Gasteiger partial charge in [0.2, 0.25) is 0 Å². The summed E-state index contributed by atoms with van der Waals surface area (Å²) in [6, 6.07) is 7.85. The lowest BCUT2D eigenvalue weighted by atomic mass is 9.95. The Bertz CT molecular complexity index is 670. The SMILES string of the molecule is CCn1nncc1C(=O)N1CCCCC1c1cccc(Cl)c1. The van der Waals surface area contributed by atoms with E-state index in [2.05, 4.69) is 10.3 Å². The third-order valence-electron chi connectivity index (χ3n) is 4.13. The van der Waals surface area contributed by atoms with Crippen LogP contribution in [0.1, 0.15) is 48.3 Å². The predicted molar refractivity (Wildman–Crippen MR) is 84.8 cm³/mol. The van der Waals surface area contributed by atoms with Crippen molar-refractivity contribution < 1.29 is 4.79 Å². The molecule has 0 radical (unpaired) electrons. The van der Waals surface area contributed by atoms with Crippen molar-refractivity contribution in [1.29, 1.82) is 0 Å². The largest absolute Gasteiger partial charge is 0.330 e. The van der Waals surface area contributed by atoms with Crippen molar-refractivity contribution in [2.24, 2.45) is 0 Å². The van der Waals surface area contributed by atoms with Gasteiger partial charge in [0, 0.05) is 18.1 Å². The van der Waals surface area contributed by atoms with Crippen molar-refractivity contribution >= 4 is 17.5 Å². The van der Waals surface area contributed by atoms with Crippen molar-refractivity contribution in [3.05, 3.63) is 46.7 Å². The maximum Gasteiger partial charge on any atom is 0.274 e. The van der Waals surface area contributed by atoms with Gasteiger partial charge in [-0.25, -0.2) is 4.68 Å². The first-order chi connectivity index (χ1) is 10.7. The third-order valence-corrected chi connectivity index (χ3v) is 4.37. The first kappa shape index (κ1) is 15.0. The molecule has 0 aliphatic carbocycles. The van der Waals surface area contributed by atoms with Gasteiger partial charge in [0.05, 0.1) is 12.2 Å². The van der Waals surface area contributed by atoms with Crippen molar-refractivity contribution in [1.82, 2.24) is 19.9 Å². The molecule has 22 heavy (non-hydrogen) atoms. The molecule has 0 spiro atoms. The molecule has 1 unspecified atom stereocenters. The van der Waals surface area contributed by atoms with Crippen LogP contribution >= 0.6 is 11.6 Å². The second kappa shape index (κ2) is 6.48. The van der Waals surface area contributed by atoms with Gasteiger partial charge in [0.25, 0.3) is 5.91 Å². The molecule has 0 bridgehead atoms. The zero-order chi connectivity index (χ0) is 15.5. The highest BCUT2D eigenvalue weighted by atomic mass is 35.5. The van der Waals surface area contributed by atoms with Crippen LogP contribution in [-0.4, -0.2) is 32.3 Å². The van der Waals surface area contributed by atoms with Crippen LogP contribution in [0.5, 0.6) is 0 Å². The fourth-order valence-electron chi connectivity index (χ4n) is 3.04.